The van der Waals surface area contributed by atoms with E-state index in [0.717, 1.165) is 48.2 Å². The van der Waals surface area contributed by atoms with E-state index in [9.17, 15) is 4.79 Å². The molecule has 0 amide bonds. The van der Waals surface area contributed by atoms with Crippen molar-refractivity contribution >= 4 is 54.7 Å². The Balaban J connectivity index is 1.64. The molecule has 1 aromatic heterocycles. The number of ether oxygens (including phenoxy) is 2. The smallest absolute Gasteiger partial charge is 0.282 e. The highest BCUT2D eigenvalue weighted by Gasteiger charge is 2.18. The van der Waals surface area contributed by atoms with Gasteiger partial charge in [-0.1, -0.05) is 63.9 Å². The standard InChI is InChI=1S/C35H34Br2N4O3/c1-21(2)28-18-29(22(3)15-33(28)43-6)34-39-31-10-8-7-9-27(31)35(42)41(34)38-19-23-12-14-26(40(4)5)17-32(23)44-20-24-11-13-25(36)16-30(24)37/h7-19,21H,20H2,1-6H3. The quantitative estimate of drug-likeness (QED) is 0.143. The first-order chi connectivity index (χ1) is 21.1. The van der Waals surface area contributed by atoms with Crippen molar-refractivity contribution < 1.29 is 9.47 Å². The number of hydrogen-bond acceptors (Lipinski definition) is 6. The fourth-order valence-corrected chi connectivity index (χ4v) is 6.08. The lowest BCUT2D eigenvalue weighted by molar-refractivity contribution is 0.305. The average molecular weight is 718 g/mol. The Hall–Kier alpha value is -3.95. The molecular weight excluding hydrogens is 684 g/mol. The summed E-state index contributed by atoms with van der Waals surface area (Å²) in [5.74, 6) is 2.10. The monoisotopic (exact) mass is 716 g/mol. The number of hydrogen-bond donors (Lipinski definition) is 0. The van der Waals surface area contributed by atoms with E-state index >= 15 is 0 Å². The van der Waals surface area contributed by atoms with E-state index in [1.54, 1.807) is 19.4 Å². The number of methoxy groups -OCH3 is 1. The van der Waals surface area contributed by atoms with Gasteiger partial charge in [0.05, 0.1) is 24.2 Å². The molecule has 0 unspecified atom stereocenters. The molecule has 0 fully saturated rings. The second-order valence-corrected chi connectivity index (χ2v) is 12.8. The van der Waals surface area contributed by atoms with Crippen LogP contribution in [0.25, 0.3) is 22.3 Å². The normalized spacial score (nSPS) is 11.5. The predicted octanol–water partition coefficient (Wildman–Crippen LogP) is 8.56. The lowest BCUT2D eigenvalue weighted by Crippen LogP contribution is -2.21. The van der Waals surface area contributed by atoms with Crippen molar-refractivity contribution in [2.24, 2.45) is 5.10 Å². The summed E-state index contributed by atoms with van der Waals surface area (Å²) in [6.07, 6.45) is 1.66. The van der Waals surface area contributed by atoms with Gasteiger partial charge in [-0.3, -0.25) is 4.79 Å². The summed E-state index contributed by atoms with van der Waals surface area (Å²) in [6, 6.07) is 23.3. The number of aryl methyl sites for hydroxylation is 1. The maximum absolute atomic E-state index is 13.9. The van der Waals surface area contributed by atoms with Gasteiger partial charge in [0, 0.05) is 51.5 Å². The van der Waals surface area contributed by atoms with E-state index in [0.29, 0.717) is 29.1 Å². The topological polar surface area (TPSA) is 69.0 Å². The van der Waals surface area contributed by atoms with Gasteiger partial charge in [0.1, 0.15) is 18.1 Å². The van der Waals surface area contributed by atoms with E-state index in [1.807, 2.05) is 86.6 Å². The van der Waals surface area contributed by atoms with Crippen molar-refractivity contribution in [2.45, 2.75) is 33.3 Å². The van der Waals surface area contributed by atoms with Gasteiger partial charge in [-0.15, -0.1) is 0 Å². The summed E-state index contributed by atoms with van der Waals surface area (Å²) in [5.41, 5.74) is 5.83. The minimum Gasteiger partial charge on any atom is -0.496 e. The molecule has 226 valence electrons. The van der Waals surface area contributed by atoms with Gasteiger partial charge in [0.2, 0.25) is 0 Å². The molecule has 7 nitrogen and oxygen atoms in total. The van der Waals surface area contributed by atoms with Crippen molar-refractivity contribution in [2.75, 3.05) is 26.1 Å². The van der Waals surface area contributed by atoms with Crippen LogP contribution in [0.4, 0.5) is 5.69 Å². The number of fused-ring (bicyclic) bond motifs is 1. The zero-order valence-corrected chi connectivity index (χ0v) is 28.7. The van der Waals surface area contributed by atoms with Crippen LogP contribution in [0.15, 0.2) is 91.6 Å². The third-order valence-corrected chi connectivity index (χ3v) is 8.65. The van der Waals surface area contributed by atoms with E-state index < -0.39 is 0 Å². The zero-order chi connectivity index (χ0) is 31.5. The van der Waals surface area contributed by atoms with Crippen LogP contribution in [0.2, 0.25) is 0 Å². The molecule has 5 rings (SSSR count). The Bertz CT molecular complexity index is 1930. The molecule has 0 aliphatic rings. The van der Waals surface area contributed by atoms with E-state index in [-0.39, 0.29) is 11.5 Å². The molecule has 0 saturated carbocycles. The maximum Gasteiger partial charge on any atom is 0.282 e. The lowest BCUT2D eigenvalue weighted by Gasteiger charge is -2.18. The summed E-state index contributed by atoms with van der Waals surface area (Å²) in [6.45, 7) is 6.56. The van der Waals surface area contributed by atoms with E-state index in [4.69, 9.17) is 19.6 Å². The van der Waals surface area contributed by atoms with Gasteiger partial charge in [-0.05, 0) is 72.5 Å². The minimum absolute atomic E-state index is 0.203. The molecule has 0 saturated heterocycles. The Morgan fingerprint density at radius 1 is 1.00 bits per heavy atom. The molecule has 1 heterocycles. The molecule has 0 radical (unpaired) electrons. The number of aromatic nitrogens is 2. The van der Waals surface area contributed by atoms with Crippen molar-refractivity contribution in [3.8, 4) is 22.9 Å². The third-order valence-electron chi connectivity index (χ3n) is 7.42. The van der Waals surface area contributed by atoms with E-state index in [2.05, 4.69) is 51.8 Å². The minimum atomic E-state index is -0.255. The van der Waals surface area contributed by atoms with E-state index in [1.165, 1.54) is 4.68 Å². The molecule has 5 aromatic rings. The number of benzene rings is 4. The molecule has 9 heteroatoms. The molecule has 0 aliphatic heterocycles. The number of para-hydroxylation sites is 1. The summed E-state index contributed by atoms with van der Waals surface area (Å²) in [7, 11) is 5.63. The molecule has 0 N–H and O–H groups in total. The van der Waals surface area contributed by atoms with Crippen LogP contribution in [0.1, 0.15) is 42.0 Å². The van der Waals surface area contributed by atoms with Crippen LogP contribution in [0, 0.1) is 6.92 Å². The van der Waals surface area contributed by atoms with Crippen molar-refractivity contribution in [3.05, 3.63) is 114 Å². The van der Waals surface area contributed by atoms with Crippen LogP contribution in [-0.2, 0) is 6.61 Å². The summed E-state index contributed by atoms with van der Waals surface area (Å²) < 4.78 is 15.3. The Morgan fingerprint density at radius 2 is 1.77 bits per heavy atom. The highest BCUT2D eigenvalue weighted by molar-refractivity contribution is 9.11. The summed E-state index contributed by atoms with van der Waals surface area (Å²) in [5, 5.41) is 5.25. The Kier molecular flexibility index (Phi) is 9.56. The average Bonchev–Trinajstić information content (AvgIpc) is 3.00. The van der Waals surface area contributed by atoms with Crippen molar-refractivity contribution in [1.29, 1.82) is 0 Å². The number of nitrogens with zero attached hydrogens (tertiary/aromatic N) is 4. The van der Waals surface area contributed by atoms with Gasteiger partial charge >= 0.3 is 0 Å². The predicted molar refractivity (Wildman–Crippen MR) is 187 cm³/mol. The first-order valence-electron chi connectivity index (χ1n) is 14.2. The van der Waals surface area contributed by atoms with Crippen molar-refractivity contribution in [1.82, 2.24) is 9.66 Å². The Labute approximate surface area is 274 Å². The van der Waals surface area contributed by atoms with Crippen LogP contribution in [0.3, 0.4) is 0 Å². The molecule has 0 atom stereocenters. The fraction of sp³-hybridized carbons (Fsp3) is 0.229. The van der Waals surface area contributed by atoms with Crippen LogP contribution >= 0.6 is 31.9 Å². The lowest BCUT2D eigenvalue weighted by atomic mass is 9.96. The largest absolute Gasteiger partial charge is 0.496 e. The van der Waals surface area contributed by atoms with Crippen LogP contribution in [-0.4, -0.2) is 37.1 Å². The van der Waals surface area contributed by atoms with Gasteiger partial charge < -0.3 is 14.4 Å². The molecule has 44 heavy (non-hydrogen) atoms. The summed E-state index contributed by atoms with van der Waals surface area (Å²) >= 11 is 7.13. The highest BCUT2D eigenvalue weighted by atomic mass is 79.9. The van der Waals surface area contributed by atoms with Gasteiger partial charge in [-0.25, -0.2) is 4.98 Å². The van der Waals surface area contributed by atoms with Crippen LogP contribution in [0.5, 0.6) is 11.5 Å². The highest BCUT2D eigenvalue weighted by Crippen LogP contribution is 2.34. The number of anilines is 1. The molecule has 4 aromatic carbocycles. The van der Waals surface area contributed by atoms with Crippen LogP contribution < -0.4 is 19.9 Å². The molecule has 0 spiro atoms. The zero-order valence-electron chi connectivity index (χ0n) is 25.6. The molecule has 0 aliphatic carbocycles. The van der Waals surface area contributed by atoms with Gasteiger partial charge in [0.25, 0.3) is 5.56 Å². The Morgan fingerprint density at radius 3 is 2.48 bits per heavy atom. The second kappa shape index (κ2) is 13.4. The number of rotatable bonds is 9. The summed E-state index contributed by atoms with van der Waals surface area (Å²) in [4.78, 5) is 20.9. The van der Waals surface area contributed by atoms with Gasteiger partial charge in [0.15, 0.2) is 5.82 Å². The van der Waals surface area contributed by atoms with Crippen molar-refractivity contribution in [3.63, 3.8) is 0 Å². The molecule has 0 bridgehead atoms. The second-order valence-electron chi connectivity index (χ2n) is 11.0. The SMILES string of the molecule is COc1cc(C)c(-c2nc3ccccc3c(=O)n2N=Cc2ccc(N(C)C)cc2OCc2ccc(Br)cc2Br)cc1C(C)C. The fourth-order valence-electron chi connectivity index (χ4n) is 4.92. The first-order valence-corrected chi connectivity index (χ1v) is 15.8. The van der Waals surface area contributed by atoms with Gasteiger partial charge in [-0.2, -0.15) is 9.78 Å². The molecular formula is C35H34Br2N4O3. The first kappa shape index (κ1) is 31.5. The maximum atomic E-state index is 13.9. The third kappa shape index (κ3) is 6.59. The number of halogens is 2.